The Bertz CT molecular complexity index is 3280. The Morgan fingerprint density at radius 2 is 0.830 bits per heavy atom. The molecule has 0 aromatic heterocycles. The molecular formula is C70H93N13O11. The number of aliphatic carboxylic acids is 1. The van der Waals surface area contributed by atoms with Crippen molar-refractivity contribution in [2.24, 2.45) is 32.8 Å². The molecule has 7 aliphatic heterocycles. The van der Waals surface area contributed by atoms with Crippen LogP contribution in [0.3, 0.4) is 0 Å². The van der Waals surface area contributed by atoms with Crippen molar-refractivity contribution in [2.75, 3.05) is 123 Å². The monoisotopic (exact) mass is 1290 g/mol. The Labute approximate surface area is 551 Å². The number of imide groups is 1. The molecule has 94 heavy (non-hydrogen) atoms. The van der Waals surface area contributed by atoms with Crippen LogP contribution in [-0.2, 0) is 47.8 Å². The second-order valence-electron chi connectivity index (χ2n) is 26.6. The van der Waals surface area contributed by atoms with Crippen LogP contribution in [-0.4, -0.2) is 166 Å². The number of carbonyl (C=O) groups is 8. The number of anilines is 5. The number of carboxylic acid groups (broad SMARTS) is 1. The SMILES string of the molecule is CC(=O)OCC1(C)CN(c2ccccc2)NC1=O.CC1(C)CN(c2ccccc2)N(C(=O)CCC(=O)O)C1=O.CC1(CN)CN(c2ccccc2)NC1=O.CC1(CN2CCCCC2)CN(c2ccccc2)NC1=O.CC1(CN2CCOCC2)CN(c2ccccc2)NC1=O. The van der Waals surface area contributed by atoms with Crippen molar-refractivity contribution >= 4 is 75.8 Å². The van der Waals surface area contributed by atoms with Gasteiger partial charge in [-0.2, -0.15) is 5.01 Å². The number of rotatable bonds is 15. The van der Waals surface area contributed by atoms with Crippen molar-refractivity contribution in [1.29, 1.82) is 0 Å². The lowest BCUT2D eigenvalue weighted by Crippen LogP contribution is -2.46. The summed E-state index contributed by atoms with van der Waals surface area (Å²) < 4.78 is 10.3. The number of hydrazine groups is 5. The maximum atomic E-state index is 12.4. The van der Waals surface area contributed by atoms with Crippen LogP contribution in [0.4, 0.5) is 28.4 Å². The molecule has 0 aliphatic carbocycles. The highest BCUT2D eigenvalue weighted by atomic mass is 16.5. The first-order chi connectivity index (χ1) is 44.8. The van der Waals surface area contributed by atoms with E-state index in [1.54, 1.807) is 30.8 Å². The Kier molecular flexibility index (Phi) is 23.9. The van der Waals surface area contributed by atoms with E-state index < -0.39 is 28.1 Å². The normalized spacial score (nSPS) is 24.0. The van der Waals surface area contributed by atoms with Gasteiger partial charge >= 0.3 is 11.9 Å². The van der Waals surface area contributed by atoms with Gasteiger partial charge < -0.3 is 25.2 Å². The van der Waals surface area contributed by atoms with Gasteiger partial charge in [0.05, 0.1) is 102 Å². The number of piperidine rings is 1. The number of esters is 1. The van der Waals surface area contributed by atoms with E-state index >= 15 is 0 Å². The number of hydrogen-bond acceptors (Lipinski definition) is 18. The number of nitrogens with zero attached hydrogens (tertiary/aromatic N) is 8. The lowest BCUT2D eigenvalue weighted by Gasteiger charge is -2.32. The summed E-state index contributed by atoms with van der Waals surface area (Å²) in [5.41, 5.74) is 19.4. The van der Waals surface area contributed by atoms with Gasteiger partial charge in [-0.05, 0) is 128 Å². The fraction of sp³-hybridized carbons (Fsp3) is 0.457. The number of nitrogens with two attached hydrogens (primary N) is 1. The van der Waals surface area contributed by atoms with Crippen molar-refractivity contribution in [3.05, 3.63) is 152 Å². The molecule has 12 rings (SSSR count). The molecule has 504 valence electrons. The van der Waals surface area contributed by atoms with Gasteiger partial charge in [-0.1, -0.05) is 97.4 Å². The number of para-hydroxylation sites is 5. The largest absolute Gasteiger partial charge is 0.481 e. The molecule has 7 fully saturated rings. The zero-order valence-electron chi connectivity index (χ0n) is 55.3. The first kappa shape index (κ1) is 70.8. The van der Waals surface area contributed by atoms with Crippen LogP contribution in [0.2, 0.25) is 0 Å². The Balaban J connectivity index is 0.000000151. The van der Waals surface area contributed by atoms with E-state index in [1.165, 1.54) is 26.2 Å². The standard InChI is InChI=1S/C16H23N3O.C15H21N3O2.C15H18N2O4.C13H16N2O3.C11H15N3O/c1-16(12-18-10-6-3-7-11-18)13-19(17-15(16)20)14-8-4-2-5-9-14;1-15(11-17-7-9-20-10-8-17)12-18(16-14(15)19)13-5-3-2-4-6-13;1-15(2)10-16(11-6-4-3-5-7-11)17(14(15)21)12(18)8-9-13(19)20;1-10(16)18-9-13(2)8-15(14-12(13)17)11-6-4-3-5-7-11;1-11(7-12)8-14(13-10(11)15)9-5-3-2-4-6-9/h2,4-5,8-9H,3,6-7,10-13H2,1H3,(H,17,20);2-6H,7-12H2,1H3,(H,16,19);3-7H,8-10H2,1-2H3,(H,19,20);3-7H,8-9H2,1-2H3,(H,14,17);2-6H,7-8,12H2,1H3,(H,13,15). The van der Waals surface area contributed by atoms with Crippen LogP contribution in [0.5, 0.6) is 0 Å². The first-order valence-electron chi connectivity index (χ1n) is 32.2. The molecule has 0 spiro atoms. The number of carbonyl (C=O) groups excluding carboxylic acids is 7. The van der Waals surface area contributed by atoms with E-state index in [0.717, 1.165) is 92.5 Å². The van der Waals surface area contributed by atoms with Crippen LogP contribution in [0, 0.1) is 27.1 Å². The molecule has 0 radical (unpaired) electrons. The molecule has 7 heterocycles. The number of ether oxygens (including phenoxy) is 2. The van der Waals surface area contributed by atoms with Gasteiger partial charge in [0.1, 0.15) is 12.0 Å². The fourth-order valence-electron chi connectivity index (χ4n) is 11.8. The van der Waals surface area contributed by atoms with Gasteiger partial charge in [-0.15, -0.1) is 0 Å². The first-order valence-corrected chi connectivity index (χ1v) is 32.2. The summed E-state index contributed by atoms with van der Waals surface area (Å²) >= 11 is 0. The summed E-state index contributed by atoms with van der Waals surface area (Å²) in [6.07, 6.45) is 3.38. The molecule has 7 saturated heterocycles. The molecule has 4 atom stereocenters. The van der Waals surface area contributed by atoms with Crippen molar-refractivity contribution in [3.63, 3.8) is 0 Å². The van der Waals surface area contributed by atoms with E-state index in [9.17, 15) is 38.4 Å². The number of nitrogens with one attached hydrogen (secondary N) is 4. The second kappa shape index (κ2) is 31.7. The summed E-state index contributed by atoms with van der Waals surface area (Å²) in [7, 11) is 0. The number of morpholine rings is 1. The second-order valence-corrected chi connectivity index (χ2v) is 26.6. The van der Waals surface area contributed by atoms with Crippen molar-refractivity contribution in [1.82, 2.24) is 36.5 Å². The summed E-state index contributed by atoms with van der Waals surface area (Å²) in [6, 6.07) is 48.5. The highest BCUT2D eigenvalue weighted by molar-refractivity contribution is 6.02. The Hall–Kier alpha value is -9.10. The average molecular weight is 1290 g/mol. The molecule has 5 aromatic carbocycles. The van der Waals surface area contributed by atoms with Crippen molar-refractivity contribution < 1.29 is 52.9 Å². The third-order valence-electron chi connectivity index (χ3n) is 17.6. The third kappa shape index (κ3) is 18.4. The minimum absolute atomic E-state index is 0.00569. The van der Waals surface area contributed by atoms with E-state index in [2.05, 4.69) is 38.4 Å². The highest BCUT2D eigenvalue weighted by Crippen LogP contribution is 2.36. The maximum absolute atomic E-state index is 12.4. The van der Waals surface area contributed by atoms with Crippen LogP contribution < -0.4 is 52.5 Å². The molecule has 5 aromatic rings. The summed E-state index contributed by atoms with van der Waals surface area (Å²) in [5, 5.41) is 18.9. The Morgan fingerprint density at radius 1 is 0.479 bits per heavy atom. The van der Waals surface area contributed by atoms with Crippen LogP contribution in [0.25, 0.3) is 0 Å². The molecular weight excluding hydrogens is 1200 g/mol. The minimum Gasteiger partial charge on any atom is -0.481 e. The van der Waals surface area contributed by atoms with Crippen LogP contribution in [0.1, 0.15) is 80.6 Å². The molecule has 0 saturated carbocycles. The van der Waals surface area contributed by atoms with Gasteiger partial charge in [-0.25, -0.2) is 0 Å². The number of amides is 6. The van der Waals surface area contributed by atoms with E-state index in [1.807, 2.05) is 181 Å². The predicted octanol–water partition coefficient (Wildman–Crippen LogP) is 6.18. The fourth-order valence-corrected chi connectivity index (χ4v) is 11.8. The number of likely N-dealkylation sites (tertiary alicyclic amines) is 1. The minimum atomic E-state index is -1.06. The lowest BCUT2D eigenvalue weighted by atomic mass is 9.89. The van der Waals surface area contributed by atoms with E-state index in [-0.39, 0.29) is 65.8 Å². The molecule has 0 bridgehead atoms. The number of hydrogen-bond donors (Lipinski definition) is 6. The molecule has 7 N–H and O–H groups in total. The molecule has 24 nitrogen and oxygen atoms in total. The predicted molar refractivity (Wildman–Crippen MR) is 360 cm³/mol. The number of benzene rings is 5. The van der Waals surface area contributed by atoms with Crippen LogP contribution in [0.15, 0.2) is 152 Å². The molecule has 6 amide bonds. The zero-order valence-corrected chi connectivity index (χ0v) is 55.3. The third-order valence-corrected chi connectivity index (χ3v) is 17.6. The number of carboxylic acids is 1. The van der Waals surface area contributed by atoms with E-state index in [0.29, 0.717) is 32.7 Å². The average Bonchev–Trinajstić information content (AvgIpc) is 1.65. The topological polar surface area (TPSA) is 275 Å². The van der Waals surface area contributed by atoms with Gasteiger partial charge in [0.2, 0.25) is 29.5 Å². The summed E-state index contributed by atoms with van der Waals surface area (Å²) in [5.74, 6) is -2.11. The van der Waals surface area contributed by atoms with E-state index in [4.69, 9.17) is 20.3 Å². The van der Waals surface area contributed by atoms with Gasteiger partial charge in [0.15, 0.2) is 0 Å². The Morgan fingerprint density at radius 3 is 1.20 bits per heavy atom. The van der Waals surface area contributed by atoms with Crippen LogP contribution >= 0.6 is 0 Å². The van der Waals surface area contributed by atoms with Gasteiger partial charge in [0, 0.05) is 46.1 Å². The highest BCUT2D eigenvalue weighted by Gasteiger charge is 2.49. The maximum Gasteiger partial charge on any atom is 0.303 e. The molecule has 7 aliphatic rings. The summed E-state index contributed by atoms with van der Waals surface area (Å²) in [4.78, 5) is 99.2. The lowest BCUT2D eigenvalue weighted by molar-refractivity contribution is -0.148. The smallest absolute Gasteiger partial charge is 0.303 e. The summed E-state index contributed by atoms with van der Waals surface area (Å²) in [6.45, 7) is 23.3. The molecule has 4 unspecified atom stereocenters. The molecule has 24 heteroatoms. The van der Waals surface area contributed by atoms with Crippen molar-refractivity contribution in [2.45, 2.75) is 80.6 Å². The van der Waals surface area contributed by atoms with Crippen molar-refractivity contribution in [3.8, 4) is 0 Å². The zero-order chi connectivity index (χ0) is 67.7. The van der Waals surface area contributed by atoms with Gasteiger partial charge in [-0.3, -0.25) is 90.0 Å². The van der Waals surface area contributed by atoms with Gasteiger partial charge in [0.25, 0.3) is 5.91 Å². The quantitative estimate of drug-likeness (QED) is 0.0638.